The molecule has 13 heavy (non-hydrogen) atoms. The second-order valence-corrected chi connectivity index (χ2v) is 3.41. The van der Waals surface area contributed by atoms with Crippen LogP contribution in [-0.2, 0) is 4.79 Å². The van der Waals surface area contributed by atoms with Crippen LogP contribution in [0.3, 0.4) is 0 Å². The van der Waals surface area contributed by atoms with Gasteiger partial charge in [0, 0.05) is 12.4 Å². The molecule has 0 bridgehead atoms. The van der Waals surface area contributed by atoms with Gasteiger partial charge in [-0.1, -0.05) is 13.8 Å². The number of nitrogens with zero attached hydrogens (tertiary/aromatic N) is 2. The van der Waals surface area contributed by atoms with Crippen molar-refractivity contribution in [3.8, 4) is 0 Å². The molecule has 4 heteroatoms. The first-order valence-corrected chi connectivity index (χ1v) is 4.26. The Morgan fingerprint density at radius 2 is 2.23 bits per heavy atom. The molecule has 0 unspecified atom stereocenters. The molecule has 0 aliphatic carbocycles. The van der Waals surface area contributed by atoms with Gasteiger partial charge in [-0.3, -0.25) is 0 Å². The van der Waals surface area contributed by atoms with E-state index in [0.29, 0.717) is 0 Å². The lowest BCUT2D eigenvalue weighted by Crippen LogP contribution is -2.24. The van der Waals surface area contributed by atoms with Gasteiger partial charge >= 0.3 is 5.97 Å². The minimum atomic E-state index is -0.809. The van der Waals surface area contributed by atoms with Gasteiger partial charge in [0.1, 0.15) is 11.9 Å². The first-order chi connectivity index (χ1) is 6.04. The molecule has 72 valence electrons. The van der Waals surface area contributed by atoms with E-state index >= 15 is 0 Å². The smallest absolute Gasteiger partial charge is 0.326 e. The number of imidazole rings is 1. The second kappa shape index (κ2) is 3.60. The molecule has 0 spiro atoms. The molecule has 0 aliphatic rings. The second-order valence-electron chi connectivity index (χ2n) is 3.41. The lowest BCUT2D eigenvalue weighted by atomic mass is 10.0. The Morgan fingerprint density at radius 3 is 2.54 bits per heavy atom. The maximum Gasteiger partial charge on any atom is 0.326 e. The molecule has 1 rings (SSSR count). The van der Waals surface area contributed by atoms with E-state index in [-0.39, 0.29) is 5.92 Å². The summed E-state index contributed by atoms with van der Waals surface area (Å²) in [6.07, 6.45) is 3.32. The van der Waals surface area contributed by atoms with Crippen molar-refractivity contribution in [2.45, 2.75) is 26.8 Å². The molecule has 0 saturated heterocycles. The summed E-state index contributed by atoms with van der Waals surface area (Å²) in [5.74, 6) is -0.0115. The zero-order valence-electron chi connectivity index (χ0n) is 8.06. The van der Waals surface area contributed by atoms with Gasteiger partial charge < -0.3 is 9.67 Å². The maximum atomic E-state index is 10.9. The molecule has 1 atom stereocenters. The van der Waals surface area contributed by atoms with Crippen molar-refractivity contribution in [3.63, 3.8) is 0 Å². The SMILES string of the molecule is Cc1nccn1[C@H](C(=O)O)C(C)C. The Bertz CT molecular complexity index is 304. The number of rotatable bonds is 3. The summed E-state index contributed by atoms with van der Waals surface area (Å²) in [6.45, 7) is 5.58. The van der Waals surface area contributed by atoms with E-state index < -0.39 is 12.0 Å². The molecular weight excluding hydrogens is 168 g/mol. The molecule has 1 heterocycles. The van der Waals surface area contributed by atoms with E-state index in [0.717, 1.165) is 5.82 Å². The van der Waals surface area contributed by atoms with Gasteiger partial charge in [-0.05, 0) is 12.8 Å². The first-order valence-electron chi connectivity index (χ1n) is 4.26. The molecule has 0 fully saturated rings. The predicted octanol–water partition coefficient (Wildman–Crippen LogP) is 1.47. The zero-order chi connectivity index (χ0) is 10.0. The minimum absolute atomic E-state index is 0.0606. The van der Waals surface area contributed by atoms with Crippen LogP contribution in [0.4, 0.5) is 0 Å². The van der Waals surface area contributed by atoms with E-state index in [1.165, 1.54) is 0 Å². The molecule has 0 aromatic carbocycles. The third kappa shape index (κ3) is 1.88. The molecular formula is C9H14N2O2. The Hall–Kier alpha value is -1.32. The topological polar surface area (TPSA) is 55.1 Å². The highest BCUT2D eigenvalue weighted by Gasteiger charge is 2.23. The van der Waals surface area contributed by atoms with Crippen LogP contribution in [0.5, 0.6) is 0 Å². The van der Waals surface area contributed by atoms with Crippen molar-refractivity contribution < 1.29 is 9.90 Å². The molecule has 0 aliphatic heterocycles. The summed E-state index contributed by atoms with van der Waals surface area (Å²) in [6, 6.07) is -0.512. The van der Waals surface area contributed by atoms with Gasteiger partial charge in [0.2, 0.25) is 0 Å². The minimum Gasteiger partial charge on any atom is -0.480 e. The fourth-order valence-corrected chi connectivity index (χ4v) is 1.41. The van der Waals surface area contributed by atoms with Crippen LogP contribution in [0.25, 0.3) is 0 Å². The molecule has 0 saturated carbocycles. The van der Waals surface area contributed by atoms with Crippen LogP contribution in [0, 0.1) is 12.8 Å². The number of hydrogen-bond donors (Lipinski definition) is 1. The quantitative estimate of drug-likeness (QED) is 0.770. The van der Waals surface area contributed by atoms with Gasteiger partial charge in [0.15, 0.2) is 0 Å². The summed E-state index contributed by atoms with van der Waals surface area (Å²) in [5, 5.41) is 8.99. The Morgan fingerprint density at radius 1 is 1.62 bits per heavy atom. The first kappa shape index (κ1) is 9.77. The molecule has 1 N–H and O–H groups in total. The van der Waals surface area contributed by atoms with Crippen molar-refractivity contribution in [2.75, 3.05) is 0 Å². The highest BCUT2D eigenvalue weighted by Crippen LogP contribution is 2.18. The summed E-state index contributed by atoms with van der Waals surface area (Å²) in [5.41, 5.74) is 0. The van der Waals surface area contributed by atoms with Crippen molar-refractivity contribution in [1.29, 1.82) is 0 Å². The average Bonchev–Trinajstić information content (AvgIpc) is 2.35. The summed E-state index contributed by atoms with van der Waals surface area (Å²) in [4.78, 5) is 14.9. The number of aromatic nitrogens is 2. The lowest BCUT2D eigenvalue weighted by Gasteiger charge is -2.18. The number of carboxylic acids is 1. The normalized spacial score (nSPS) is 13.2. The van der Waals surface area contributed by atoms with E-state index in [1.807, 2.05) is 13.8 Å². The van der Waals surface area contributed by atoms with Gasteiger partial charge in [0.05, 0.1) is 0 Å². The van der Waals surface area contributed by atoms with Crippen LogP contribution in [0.2, 0.25) is 0 Å². The largest absolute Gasteiger partial charge is 0.480 e. The van der Waals surface area contributed by atoms with Gasteiger partial charge in [-0.15, -0.1) is 0 Å². The molecule has 1 aromatic heterocycles. The predicted molar refractivity (Wildman–Crippen MR) is 48.5 cm³/mol. The highest BCUT2D eigenvalue weighted by atomic mass is 16.4. The third-order valence-corrected chi connectivity index (χ3v) is 2.05. The van der Waals surface area contributed by atoms with E-state index in [2.05, 4.69) is 4.98 Å². The zero-order valence-corrected chi connectivity index (χ0v) is 8.06. The van der Waals surface area contributed by atoms with Gasteiger partial charge in [-0.25, -0.2) is 9.78 Å². The van der Waals surface area contributed by atoms with Gasteiger partial charge in [0.25, 0.3) is 0 Å². The van der Waals surface area contributed by atoms with Crippen molar-refractivity contribution in [2.24, 2.45) is 5.92 Å². The molecule has 1 aromatic rings. The van der Waals surface area contributed by atoms with Crippen LogP contribution in [0.1, 0.15) is 25.7 Å². The fourth-order valence-electron chi connectivity index (χ4n) is 1.41. The Kier molecular flexibility index (Phi) is 2.70. The number of aliphatic carboxylic acids is 1. The van der Waals surface area contributed by atoms with Crippen LogP contribution < -0.4 is 0 Å². The van der Waals surface area contributed by atoms with Crippen LogP contribution in [-0.4, -0.2) is 20.6 Å². The standard InChI is InChI=1S/C9H14N2O2/c1-6(2)8(9(12)13)11-5-4-10-7(11)3/h4-6,8H,1-3H3,(H,12,13)/t8-/m0/s1. The fraction of sp³-hybridized carbons (Fsp3) is 0.556. The van der Waals surface area contributed by atoms with Crippen LogP contribution in [0.15, 0.2) is 12.4 Å². The number of carboxylic acid groups (broad SMARTS) is 1. The van der Waals surface area contributed by atoms with Crippen molar-refractivity contribution in [1.82, 2.24) is 9.55 Å². The lowest BCUT2D eigenvalue weighted by molar-refractivity contribution is -0.142. The van der Waals surface area contributed by atoms with E-state index in [4.69, 9.17) is 5.11 Å². The van der Waals surface area contributed by atoms with Gasteiger partial charge in [-0.2, -0.15) is 0 Å². The Labute approximate surface area is 77.2 Å². The monoisotopic (exact) mass is 182 g/mol. The third-order valence-electron chi connectivity index (χ3n) is 2.05. The summed E-state index contributed by atoms with van der Waals surface area (Å²) >= 11 is 0. The molecule has 0 radical (unpaired) electrons. The highest BCUT2D eigenvalue weighted by molar-refractivity contribution is 5.72. The maximum absolute atomic E-state index is 10.9. The number of carbonyl (C=O) groups is 1. The van der Waals surface area contributed by atoms with E-state index in [1.54, 1.807) is 23.9 Å². The number of hydrogen-bond acceptors (Lipinski definition) is 2. The summed E-state index contributed by atoms with van der Waals surface area (Å²) in [7, 11) is 0. The molecule has 0 amide bonds. The van der Waals surface area contributed by atoms with Crippen molar-refractivity contribution >= 4 is 5.97 Å². The van der Waals surface area contributed by atoms with Crippen LogP contribution >= 0.6 is 0 Å². The Balaban J connectivity index is 3.02. The molecule has 4 nitrogen and oxygen atoms in total. The summed E-state index contributed by atoms with van der Waals surface area (Å²) < 4.78 is 1.69. The van der Waals surface area contributed by atoms with E-state index in [9.17, 15) is 4.79 Å². The van der Waals surface area contributed by atoms with Crippen molar-refractivity contribution in [3.05, 3.63) is 18.2 Å². The average molecular weight is 182 g/mol. The number of aryl methyl sites for hydroxylation is 1.